The summed E-state index contributed by atoms with van der Waals surface area (Å²) in [4.78, 5) is 27.0. The monoisotopic (exact) mass is 429 g/mol. The summed E-state index contributed by atoms with van der Waals surface area (Å²) in [6.45, 7) is 5.98. The molecule has 160 valence electrons. The molecule has 0 spiro atoms. The molecule has 1 unspecified atom stereocenters. The number of anilines is 1. The summed E-state index contributed by atoms with van der Waals surface area (Å²) in [5, 5.41) is 10.7. The van der Waals surface area contributed by atoms with E-state index in [9.17, 15) is 9.59 Å². The first-order valence-corrected chi connectivity index (χ1v) is 10.1. The van der Waals surface area contributed by atoms with E-state index in [0.717, 1.165) is 29.3 Å². The molecule has 0 aliphatic carbocycles. The molecule has 8 heteroatoms. The van der Waals surface area contributed by atoms with E-state index in [2.05, 4.69) is 15.7 Å². The molecule has 2 aromatic rings. The fourth-order valence-electron chi connectivity index (χ4n) is 4.02. The summed E-state index contributed by atoms with van der Waals surface area (Å²) in [6.07, 6.45) is 5.27. The van der Waals surface area contributed by atoms with Gasteiger partial charge in [0.1, 0.15) is 6.04 Å². The number of rotatable bonds is 4. The molecule has 30 heavy (non-hydrogen) atoms. The van der Waals surface area contributed by atoms with Crippen LogP contribution in [-0.2, 0) is 9.59 Å². The Balaban J connectivity index is 0.00000256. The highest BCUT2D eigenvalue weighted by molar-refractivity contribution is 5.93. The second kappa shape index (κ2) is 9.45. The fraction of sp³-hybridized carbons (Fsp3) is 0.409. The number of halogens is 1. The van der Waals surface area contributed by atoms with Gasteiger partial charge in [-0.15, -0.1) is 12.4 Å². The SMILES string of the molecule is Cc1cc(C)n(-c2ccc(NC(=O)C3CCN(C(=O)C4C=CCN4)CC3)cc2)n1.Cl. The lowest BCUT2D eigenvalue weighted by atomic mass is 9.95. The van der Waals surface area contributed by atoms with Crippen molar-refractivity contribution in [2.24, 2.45) is 5.92 Å². The third-order valence-corrected chi connectivity index (χ3v) is 5.62. The van der Waals surface area contributed by atoms with Crippen LogP contribution in [-0.4, -0.2) is 52.2 Å². The number of aryl methyl sites for hydroxylation is 2. The maximum Gasteiger partial charge on any atom is 0.243 e. The maximum atomic E-state index is 12.7. The predicted octanol–water partition coefficient (Wildman–Crippen LogP) is 2.62. The summed E-state index contributed by atoms with van der Waals surface area (Å²) in [7, 11) is 0. The number of piperidine rings is 1. The topological polar surface area (TPSA) is 79.3 Å². The van der Waals surface area contributed by atoms with Gasteiger partial charge < -0.3 is 10.2 Å². The highest BCUT2D eigenvalue weighted by atomic mass is 35.5. The van der Waals surface area contributed by atoms with Crippen LogP contribution in [0.5, 0.6) is 0 Å². The highest BCUT2D eigenvalue weighted by Crippen LogP contribution is 2.21. The van der Waals surface area contributed by atoms with Crippen molar-refractivity contribution < 1.29 is 9.59 Å². The summed E-state index contributed by atoms with van der Waals surface area (Å²) in [5.41, 5.74) is 3.79. The van der Waals surface area contributed by atoms with Gasteiger partial charge >= 0.3 is 0 Å². The third-order valence-electron chi connectivity index (χ3n) is 5.62. The van der Waals surface area contributed by atoms with Gasteiger partial charge in [0.15, 0.2) is 0 Å². The second-order valence-electron chi connectivity index (χ2n) is 7.79. The van der Waals surface area contributed by atoms with Crippen LogP contribution in [0.4, 0.5) is 5.69 Å². The van der Waals surface area contributed by atoms with Crippen molar-refractivity contribution in [2.45, 2.75) is 32.7 Å². The first-order chi connectivity index (χ1) is 14.0. The van der Waals surface area contributed by atoms with E-state index in [-0.39, 0.29) is 36.2 Å². The zero-order chi connectivity index (χ0) is 20.4. The van der Waals surface area contributed by atoms with Crippen LogP contribution in [0.1, 0.15) is 24.2 Å². The molecule has 1 fully saturated rings. The minimum absolute atomic E-state index is 0. The molecule has 7 nitrogen and oxygen atoms in total. The van der Waals surface area contributed by atoms with E-state index in [0.29, 0.717) is 25.9 Å². The van der Waals surface area contributed by atoms with Gasteiger partial charge in [-0.25, -0.2) is 4.68 Å². The van der Waals surface area contributed by atoms with Gasteiger partial charge in [-0.2, -0.15) is 5.10 Å². The molecule has 1 aromatic heterocycles. The fourth-order valence-corrected chi connectivity index (χ4v) is 4.02. The number of hydrogen-bond acceptors (Lipinski definition) is 4. The van der Waals surface area contributed by atoms with Crippen molar-refractivity contribution in [3.05, 3.63) is 53.9 Å². The Kier molecular flexibility index (Phi) is 6.95. The molecule has 2 amide bonds. The molecule has 1 aromatic carbocycles. The van der Waals surface area contributed by atoms with Crippen LogP contribution >= 0.6 is 12.4 Å². The molecule has 4 rings (SSSR count). The molecule has 2 N–H and O–H groups in total. The lowest BCUT2D eigenvalue weighted by Gasteiger charge is -2.32. The molecular formula is C22H28ClN5O2. The molecule has 2 aliphatic heterocycles. The molecule has 1 atom stereocenters. The lowest BCUT2D eigenvalue weighted by Crippen LogP contribution is -2.48. The van der Waals surface area contributed by atoms with Crippen molar-refractivity contribution in [3.8, 4) is 5.69 Å². The number of nitrogens with one attached hydrogen (secondary N) is 2. The summed E-state index contributed by atoms with van der Waals surface area (Å²) >= 11 is 0. The van der Waals surface area contributed by atoms with E-state index in [1.165, 1.54) is 0 Å². The Morgan fingerprint density at radius 3 is 2.40 bits per heavy atom. The average molecular weight is 430 g/mol. The van der Waals surface area contributed by atoms with Crippen molar-refractivity contribution in [1.29, 1.82) is 0 Å². The Labute approximate surface area is 182 Å². The Morgan fingerprint density at radius 2 is 1.83 bits per heavy atom. The van der Waals surface area contributed by atoms with Gasteiger partial charge in [-0.05, 0) is 57.0 Å². The summed E-state index contributed by atoms with van der Waals surface area (Å²) in [5.74, 6) is 0.0639. The summed E-state index contributed by atoms with van der Waals surface area (Å²) < 4.78 is 1.89. The zero-order valence-corrected chi connectivity index (χ0v) is 18.1. The average Bonchev–Trinajstić information content (AvgIpc) is 3.38. The Hall–Kier alpha value is -2.64. The number of hydrogen-bond donors (Lipinski definition) is 2. The molecule has 0 bridgehead atoms. The minimum Gasteiger partial charge on any atom is -0.341 e. The predicted molar refractivity (Wildman–Crippen MR) is 119 cm³/mol. The molecule has 0 saturated carbocycles. The van der Waals surface area contributed by atoms with E-state index in [1.807, 2.05) is 65.9 Å². The normalized spacial score (nSPS) is 18.9. The van der Waals surface area contributed by atoms with Crippen molar-refractivity contribution in [1.82, 2.24) is 20.0 Å². The first kappa shape index (κ1) is 22.1. The number of likely N-dealkylation sites (tertiary alicyclic amines) is 1. The quantitative estimate of drug-likeness (QED) is 0.732. The number of benzene rings is 1. The molecule has 0 radical (unpaired) electrons. The number of aromatic nitrogens is 2. The third kappa shape index (κ3) is 4.74. The van der Waals surface area contributed by atoms with Crippen LogP contribution in [0.25, 0.3) is 5.69 Å². The number of nitrogens with zero attached hydrogens (tertiary/aromatic N) is 3. The Morgan fingerprint density at radius 1 is 1.13 bits per heavy atom. The largest absolute Gasteiger partial charge is 0.341 e. The van der Waals surface area contributed by atoms with Gasteiger partial charge in [0.05, 0.1) is 11.4 Å². The first-order valence-electron chi connectivity index (χ1n) is 10.1. The van der Waals surface area contributed by atoms with Crippen LogP contribution in [0, 0.1) is 19.8 Å². The Bertz CT molecular complexity index is 930. The highest BCUT2D eigenvalue weighted by Gasteiger charge is 2.30. The van der Waals surface area contributed by atoms with Gasteiger partial charge in [-0.3, -0.25) is 14.9 Å². The van der Waals surface area contributed by atoms with Gasteiger partial charge in [0.2, 0.25) is 11.8 Å². The second-order valence-corrected chi connectivity index (χ2v) is 7.79. The van der Waals surface area contributed by atoms with Crippen LogP contribution in [0.2, 0.25) is 0 Å². The van der Waals surface area contributed by atoms with Crippen molar-refractivity contribution in [3.63, 3.8) is 0 Å². The number of carbonyl (C=O) groups is 2. The molecular weight excluding hydrogens is 402 g/mol. The van der Waals surface area contributed by atoms with E-state index in [4.69, 9.17) is 0 Å². The maximum absolute atomic E-state index is 12.7. The smallest absolute Gasteiger partial charge is 0.243 e. The van der Waals surface area contributed by atoms with E-state index < -0.39 is 0 Å². The van der Waals surface area contributed by atoms with Crippen molar-refractivity contribution >= 4 is 29.9 Å². The molecule has 3 heterocycles. The van der Waals surface area contributed by atoms with E-state index in [1.54, 1.807) is 0 Å². The molecule has 2 aliphatic rings. The lowest BCUT2D eigenvalue weighted by molar-refractivity contribution is -0.135. The van der Waals surface area contributed by atoms with Crippen LogP contribution in [0.3, 0.4) is 0 Å². The number of carbonyl (C=O) groups excluding carboxylic acids is 2. The van der Waals surface area contributed by atoms with Gasteiger partial charge in [0.25, 0.3) is 0 Å². The van der Waals surface area contributed by atoms with Crippen LogP contribution < -0.4 is 10.6 Å². The van der Waals surface area contributed by atoms with Crippen LogP contribution in [0.15, 0.2) is 42.5 Å². The molecule has 1 saturated heterocycles. The minimum atomic E-state index is -0.207. The van der Waals surface area contributed by atoms with Gasteiger partial charge in [-0.1, -0.05) is 12.2 Å². The van der Waals surface area contributed by atoms with E-state index >= 15 is 0 Å². The van der Waals surface area contributed by atoms with Crippen molar-refractivity contribution in [2.75, 3.05) is 25.0 Å². The standard InChI is InChI=1S/C22H27N5O2.ClH/c1-15-14-16(2)27(25-15)19-7-5-18(6-8-19)24-21(28)17-9-12-26(13-10-17)22(29)20-4-3-11-23-20;/h3-8,14,17,20,23H,9-13H2,1-2H3,(H,24,28);1H. The zero-order valence-electron chi connectivity index (χ0n) is 17.3. The summed E-state index contributed by atoms with van der Waals surface area (Å²) in [6, 6.07) is 9.55. The number of amides is 2. The van der Waals surface area contributed by atoms with Gasteiger partial charge in [0, 0.05) is 36.9 Å².